The highest BCUT2D eigenvalue weighted by atomic mass is 19.1. The number of aromatic hydroxyl groups is 1. The topological polar surface area (TPSA) is 47.0 Å². The molecule has 1 heterocycles. The van der Waals surface area contributed by atoms with Crippen LogP contribution in [0.3, 0.4) is 0 Å². The molecule has 0 bridgehead atoms. The van der Waals surface area contributed by atoms with E-state index in [0.29, 0.717) is 19.6 Å². The number of benzene rings is 2. The van der Waals surface area contributed by atoms with E-state index in [2.05, 4.69) is 9.80 Å². The second kappa shape index (κ2) is 8.86. The summed E-state index contributed by atoms with van der Waals surface area (Å²) < 4.78 is 13.4. The maximum Gasteiger partial charge on any atom is 0.237 e. The van der Waals surface area contributed by atoms with Crippen LogP contribution in [0.1, 0.15) is 12.5 Å². The normalized spacial score (nSPS) is 15.0. The van der Waals surface area contributed by atoms with Crippen LogP contribution < -0.4 is 4.90 Å². The summed E-state index contributed by atoms with van der Waals surface area (Å²) in [7, 11) is 0. The number of phenolic OH excluding ortho intramolecular Hbond substituents is 1. The van der Waals surface area contributed by atoms with Gasteiger partial charge in [0.25, 0.3) is 0 Å². The summed E-state index contributed by atoms with van der Waals surface area (Å²) in [5.41, 5.74) is 1.64. The van der Waals surface area contributed by atoms with Crippen molar-refractivity contribution in [1.82, 2.24) is 9.80 Å². The number of phenols is 1. The molecule has 0 aromatic heterocycles. The zero-order valence-corrected chi connectivity index (χ0v) is 15.6. The number of halogens is 1. The van der Waals surface area contributed by atoms with Gasteiger partial charge in [-0.25, -0.2) is 4.39 Å². The number of hydrogen-bond donors (Lipinski definition) is 1. The number of piperazine rings is 1. The average Bonchev–Trinajstić information content (AvgIpc) is 2.67. The van der Waals surface area contributed by atoms with Crippen molar-refractivity contribution < 1.29 is 14.3 Å². The summed E-state index contributed by atoms with van der Waals surface area (Å²) in [6.45, 7) is 6.36. The number of amides is 1. The van der Waals surface area contributed by atoms with E-state index >= 15 is 0 Å². The molecule has 0 aliphatic carbocycles. The lowest BCUT2D eigenvalue weighted by Gasteiger charge is -2.36. The van der Waals surface area contributed by atoms with Gasteiger partial charge in [0.2, 0.25) is 5.91 Å². The van der Waals surface area contributed by atoms with E-state index < -0.39 is 0 Å². The van der Waals surface area contributed by atoms with Crippen LogP contribution in [-0.2, 0) is 11.3 Å². The molecular weight excluding hydrogens is 345 g/mol. The summed E-state index contributed by atoms with van der Waals surface area (Å²) in [6.07, 6.45) is 0. The molecule has 1 saturated heterocycles. The van der Waals surface area contributed by atoms with Crippen LogP contribution in [0.25, 0.3) is 0 Å². The van der Waals surface area contributed by atoms with Crippen LogP contribution in [0, 0.1) is 5.82 Å². The van der Waals surface area contributed by atoms with E-state index in [1.54, 1.807) is 17.0 Å². The van der Waals surface area contributed by atoms with Crippen LogP contribution in [-0.4, -0.2) is 60.1 Å². The average molecular weight is 371 g/mol. The lowest BCUT2D eigenvalue weighted by atomic mass is 10.2. The van der Waals surface area contributed by atoms with Crippen LogP contribution in [0.5, 0.6) is 5.75 Å². The predicted molar refractivity (Wildman–Crippen MR) is 104 cm³/mol. The molecule has 5 nitrogen and oxygen atoms in total. The summed E-state index contributed by atoms with van der Waals surface area (Å²) in [6, 6.07) is 13.7. The zero-order valence-electron chi connectivity index (χ0n) is 15.6. The Morgan fingerprint density at radius 1 is 1.11 bits per heavy atom. The van der Waals surface area contributed by atoms with Crippen molar-refractivity contribution in [2.75, 3.05) is 44.2 Å². The third kappa shape index (κ3) is 4.98. The van der Waals surface area contributed by atoms with E-state index in [1.807, 2.05) is 31.2 Å². The van der Waals surface area contributed by atoms with Gasteiger partial charge in [0.15, 0.2) is 0 Å². The summed E-state index contributed by atoms with van der Waals surface area (Å²) in [5, 5.41) is 10.00. The monoisotopic (exact) mass is 371 g/mol. The number of likely N-dealkylation sites (N-methyl/N-ethyl adjacent to an activating group) is 1. The zero-order chi connectivity index (χ0) is 19.2. The van der Waals surface area contributed by atoms with Gasteiger partial charge in [-0.3, -0.25) is 9.69 Å². The van der Waals surface area contributed by atoms with Gasteiger partial charge in [-0.05, 0) is 36.8 Å². The van der Waals surface area contributed by atoms with Crippen LogP contribution in [0.15, 0.2) is 48.5 Å². The van der Waals surface area contributed by atoms with Gasteiger partial charge in [-0.1, -0.05) is 24.3 Å². The van der Waals surface area contributed by atoms with Crippen LogP contribution in [0.4, 0.5) is 10.1 Å². The quantitative estimate of drug-likeness (QED) is 0.848. The fourth-order valence-corrected chi connectivity index (χ4v) is 3.40. The molecule has 1 aliphatic heterocycles. The SMILES string of the molecule is CCN(Cc1cccc(F)c1)C(=O)CN1CCN(c2ccccc2O)CC1. The maximum atomic E-state index is 13.4. The highest BCUT2D eigenvalue weighted by molar-refractivity contribution is 5.78. The largest absolute Gasteiger partial charge is 0.506 e. The van der Waals surface area contributed by atoms with E-state index in [1.165, 1.54) is 12.1 Å². The first kappa shape index (κ1) is 19.2. The second-order valence-corrected chi connectivity index (χ2v) is 6.79. The highest BCUT2D eigenvalue weighted by Gasteiger charge is 2.22. The number of nitrogens with zero attached hydrogens (tertiary/aromatic N) is 3. The Bertz CT molecular complexity index is 776. The Morgan fingerprint density at radius 2 is 1.85 bits per heavy atom. The Kier molecular flexibility index (Phi) is 6.29. The lowest BCUT2D eigenvalue weighted by Crippen LogP contribution is -2.50. The lowest BCUT2D eigenvalue weighted by molar-refractivity contribution is -0.132. The Labute approximate surface area is 159 Å². The second-order valence-electron chi connectivity index (χ2n) is 6.79. The molecule has 1 aliphatic rings. The van der Waals surface area contributed by atoms with Crippen molar-refractivity contribution in [3.63, 3.8) is 0 Å². The van der Waals surface area contributed by atoms with Gasteiger partial charge >= 0.3 is 0 Å². The summed E-state index contributed by atoms with van der Waals surface area (Å²) in [4.78, 5) is 18.7. The molecule has 2 aromatic rings. The molecular formula is C21H26FN3O2. The molecule has 2 aromatic carbocycles. The first-order valence-corrected chi connectivity index (χ1v) is 9.34. The van der Waals surface area contributed by atoms with Crippen LogP contribution in [0.2, 0.25) is 0 Å². The fraction of sp³-hybridized carbons (Fsp3) is 0.381. The fourth-order valence-electron chi connectivity index (χ4n) is 3.40. The van der Waals surface area contributed by atoms with E-state index in [-0.39, 0.29) is 17.5 Å². The Hall–Kier alpha value is -2.60. The molecule has 0 saturated carbocycles. The van der Waals surface area contributed by atoms with Gasteiger partial charge in [-0.15, -0.1) is 0 Å². The van der Waals surface area contributed by atoms with Crippen molar-refractivity contribution >= 4 is 11.6 Å². The smallest absolute Gasteiger partial charge is 0.237 e. The van der Waals surface area contributed by atoms with Gasteiger partial charge in [0.1, 0.15) is 11.6 Å². The Morgan fingerprint density at radius 3 is 2.52 bits per heavy atom. The van der Waals surface area contributed by atoms with Gasteiger partial charge in [0, 0.05) is 39.3 Å². The van der Waals surface area contributed by atoms with Crippen molar-refractivity contribution in [3.8, 4) is 5.75 Å². The number of carbonyl (C=O) groups excluding carboxylic acids is 1. The summed E-state index contributed by atoms with van der Waals surface area (Å²) >= 11 is 0. The molecule has 0 unspecified atom stereocenters. The van der Waals surface area contributed by atoms with Gasteiger partial charge in [0.05, 0.1) is 12.2 Å². The standard InChI is InChI=1S/C21H26FN3O2/c1-2-24(15-17-6-5-7-18(22)14-17)21(27)16-23-10-12-25(13-11-23)19-8-3-4-9-20(19)26/h3-9,14,26H,2,10-13,15-16H2,1H3. The molecule has 27 heavy (non-hydrogen) atoms. The minimum atomic E-state index is -0.281. The Balaban J connectivity index is 1.53. The first-order valence-electron chi connectivity index (χ1n) is 9.34. The number of anilines is 1. The minimum Gasteiger partial charge on any atom is -0.506 e. The number of carbonyl (C=O) groups is 1. The minimum absolute atomic E-state index is 0.0535. The molecule has 6 heteroatoms. The molecule has 0 spiro atoms. The third-order valence-electron chi connectivity index (χ3n) is 4.95. The van der Waals surface area contributed by atoms with Crippen molar-refractivity contribution in [3.05, 3.63) is 59.9 Å². The molecule has 0 atom stereocenters. The van der Waals surface area contributed by atoms with Crippen LogP contribution >= 0.6 is 0 Å². The molecule has 3 rings (SSSR count). The van der Waals surface area contributed by atoms with E-state index in [9.17, 15) is 14.3 Å². The molecule has 1 fully saturated rings. The van der Waals surface area contributed by atoms with Crippen molar-refractivity contribution in [1.29, 1.82) is 0 Å². The molecule has 144 valence electrons. The van der Waals surface area contributed by atoms with Gasteiger partial charge < -0.3 is 14.9 Å². The molecule has 1 N–H and O–H groups in total. The van der Waals surface area contributed by atoms with E-state index in [4.69, 9.17) is 0 Å². The number of rotatable bonds is 6. The first-order chi connectivity index (χ1) is 13.1. The maximum absolute atomic E-state index is 13.4. The van der Waals surface area contributed by atoms with E-state index in [0.717, 1.165) is 37.4 Å². The number of para-hydroxylation sites is 2. The van der Waals surface area contributed by atoms with Gasteiger partial charge in [-0.2, -0.15) is 0 Å². The number of hydrogen-bond acceptors (Lipinski definition) is 4. The van der Waals surface area contributed by atoms with Crippen molar-refractivity contribution in [2.45, 2.75) is 13.5 Å². The third-order valence-corrected chi connectivity index (χ3v) is 4.95. The molecule has 1 amide bonds. The summed E-state index contributed by atoms with van der Waals surface area (Å²) in [5.74, 6) is 0.0586. The van der Waals surface area contributed by atoms with Crippen molar-refractivity contribution in [2.24, 2.45) is 0 Å². The highest BCUT2D eigenvalue weighted by Crippen LogP contribution is 2.27. The molecule has 0 radical (unpaired) electrons. The predicted octanol–water partition coefficient (Wildman–Crippen LogP) is 2.70.